The maximum atomic E-state index is 5.95. The smallest absolute Gasteiger partial charge is 0.262 e. The van der Waals surface area contributed by atoms with Gasteiger partial charge in [0.05, 0.1) is 0 Å². The van der Waals surface area contributed by atoms with E-state index in [1.807, 2.05) is 31.2 Å². The molecule has 2 aromatic rings. The first kappa shape index (κ1) is 14.6. The van der Waals surface area contributed by atoms with Crippen molar-refractivity contribution in [3.05, 3.63) is 41.0 Å². The van der Waals surface area contributed by atoms with E-state index < -0.39 is 0 Å². The number of ether oxygens (including phenoxy) is 1. The summed E-state index contributed by atoms with van der Waals surface area (Å²) in [6, 6.07) is 9.60. The molecule has 1 aromatic heterocycles. The number of para-hydroxylation sites is 1. The number of hydrogen-bond acceptors (Lipinski definition) is 4. The second-order valence-electron chi connectivity index (χ2n) is 4.40. The van der Waals surface area contributed by atoms with Crippen LogP contribution in [0.3, 0.4) is 0 Å². The summed E-state index contributed by atoms with van der Waals surface area (Å²) in [6.45, 7) is 7.85. The monoisotopic (exact) mass is 291 g/mol. The first-order chi connectivity index (χ1) is 9.65. The van der Waals surface area contributed by atoms with Gasteiger partial charge in [0.2, 0.25) is 0 Å². The first-order valence-electron chi connectivity index (χ1n) is 6.67. The Bertz CT molecular complexity index is 585. The van der Waals surface area contributed by atoms with E-state index in [0.717, 1.165) is 30.1 Å². The van der Waals surface area contributed by atoms with E-state index in [9.17, 15) is 0 Å². The summed E-state index contributed by atoms with van der Waals surface area (Å²) in [5.74, 6) is 1.25. The summed E-state index contributed by atoms with van der Waals surface area (Å²) in [5, 5.41) is 8.33. The van der Waals surface area contributed by atoms with Crippen LogP contribution in [0, 0.1) is 6.92 Å². The van der Waals surface area contributed by atoms with Crippen LogP contribution in [-0.4, -0.2) is 23.3 Å². The summed E-state index contributed by atoms with van der Waals surface area (Å²) < 4.78 is 5.91. The predicted molar refractivity (Wildman–Crippen MR) is 81.9 cm³/mol. The Labute approximate surface area is 124 Å². The average Bonchev–Trinajstić information content (AvgIpc) is 2.45. The van der Waals surface area contributed by atoms with Crippen molar-refractivity contribution in [2.45, 2.75) is 20.8 Å². The minimum absolute atomic E-state index is 0.365. The fourth-order valence-electron chi connectivity index (χ4n) is 1.99. The molecule has 0 spiro atoms. The number of aryl methyl sites for hydroxylation is 1. The quantitative estimate of drug-likeness (QED) is 0.832. The van der Waals surface area contributed by atoms with Crippen molar-refractivity contribution in [1.29, 1.82) is 0 Å². The third kappa shape index (κ3) is 3.20. The van der Waals surface area contributed by atoms with Gasteiger partial charge in [0.15, 0.2) is 5.15 Å². The fraction of sp³-hybridized carbons (Fsp3) is 0.333. The highest BCUT2D eigenvalue weighted by atomic mass is 35.5. The third-order valence-corrected chi connectivity index (χ3v) is 3.30. The maximum absolute atomic E-state index is 5.95. The van der Waals surface area contributed by atoms with Gasteiger partial charge in [0.25, 0.3) is 5.88 Å². The third-order valence-electron chi connectivity index (χ3n) is 3.12. The van der Waals surface area contributed by atoms with E-state index in [-0.39, 0.29) is 0 Å². The van der Waals surface area contributed by atoms with Crippen LogP contribution >= 0.6 is 11.6 Å². The average molecular weight is 292 g/mol. The Morgan fingerprint density at radius 3 is 2.50 bits per heavy atom. The predicted octanol–water partition coefficient (Wildman–Crippen LogP) is 4.08. The molecule has 106 valence electrons. The second kappa shape index (κ2) is 6.57. The van der Waals surface area contributed by atoms with Crippen molar-refractivity contribution in [3.63, 3.8) is 0 Å². The van der Waals surface area contributed by atoms with Crippen LogP contribution in [0.4, 0.5) is 5.69 Å². The molecule has 0 saturated heterocycles. The van der Waals surface area contributed by atoms with Crippen molar-refractivity contribution in [2.75, 3.05) is 18.0 Å². The van der Waals surface area contributed by atoms with Crippen LogP contribution in [0.1, 0.15) is 19.4 Å². The van der Waals surface area contributed by atoms with Gasteiger partial charge in [-0.1, -0.05) is 29.8 Å². The van der Waals surface area contributed by atoms with Crippen molar-refractivity contribution >= 4 is 17.3 Å². The molecule has 0 radical (unpaired) electrons. The van der Waals surface area contributed by atoms with Gasteiger partial charge in [-0.15, -0.1) is 10.2 Å². The zero-order valence-corrected chi connectivity index (χ0v) is 12.7. The molecule has 5 heteroatoms. The largest absolute Gasteiger partial charge is 0.436 e. The topological polar surface area (TPSA) is 38.2 Å². The van der Waals surface area contributed by atoms with Gasteiger partial charge < -0.3 is 9.64 Å². The Morgan fingerprint density at radius 1 is 1.15 bits per heavy atom. The highest BCUT2D eigenvalue weighted by Crippen LogP contribution is 2.32. The van der Waals surface area contributed by atoms with Gasteiger partial charge in [0.1, 0.15) is 11.4 Å². The molecule has 1 aromatic carbocycles. The molecule has 0 fully saturated rings. The van der Waals surface area contributed by atoms with Crippen LogP contribution < -0.4 is 9.64 Å². The highest BCUT2D eigenvalue weighted by molar-refractivity contribution is 6.29. The molecule has 0 saturated carbocycles. The molecule has 0 aliphatic rings. The summed E-state index contributed by atoms with van der Waals surface area (Å²) in [5.41, 5.74) is 1.91. The number of halogens is 1. The number of anilines is 1. The molecular formula is C15H18ClN3O. The van der Waals surface area contributed by atoms with Gasteiger partial charge in [-0.3, -0.25) is 0 Å². The number of aromatic nitrogens is 2. The molecule has 0 amide bonds. The lowest BCUT2D eigenvalue weighted by Crippen LogP contribution is -2.22. The SMILES string of the molecule is CCN(CC)c1cc(Cl)nnc1Oc1ccccc1C. The van der Waals surface area contributed by atoms with E-state index in [1.54, 1.807) is 6.07 Å². The minimum atomic E-state index is 0.365. The summed E-state index contributed by atoms with van der Waals surface area (Å²) in [4.78, 5) is 2.13. The zero-order valence-electron chi connectivity index (χ0n) is 11.9. The van der Waals surface area contributed by atoms with Gasteiger partial charge in [0, 0.05) is 19.2 Å². The van der Waals surface area contributed by atoms with Crippen LogP contribution in [0.15, 0.2) is 30.3 Å². The molecule has 0 N–H and O–H groups in total. The molecule has 0 aliphatic carbocycles. The van der Waals surface area contributed by atoms with E-state index in [2.05, 4.69) is 28.9 Å². The normalized spacial score (nSPS) is 10.4. The van der Waals surface area contributed by atoms with E-state index in [0.29, 0.717) is 11.0 Å². The second-order valence-corrected chi connectivity index (χ2v) is 4.78. The molecule has 0 atom stereocenters. The number of hydrogen-bond donors (Lipinski definition) is 0. The van der Waals surface area contributed by atoms with Crippen LogP contribution in [0.25, 0.3) is 0 Å². The van der Waals surface area contributed by atoms with Crippen molar-refractivity contribution in [1.82, 2.24) is 10.2 Å². The van der Waals surface area contributed by atoms with Crippen molar-refractivity contribution in [2.24, 2.45) is 0 Å². The molecule has 4 nitrogen and oxygen atoms in total. The van der Waals surface area contributed by atoms with E-state index in [1.165, 1.54) is 0 Å². The van der Waals surface area contributed by atoms with Gasteiger partial charge in [-0.25, -0.2) is 0 Å². The van der Waals surface area contributed by atoms with Crippen molar-refractivity contribution in [3.8, 4) is 11.6 Å². The van der Waals surface area contributed by atoms with Gasteiger partial charge in [-0.05, 0) is 32.4 Å². The first-order valence-corrected chi connectivity index (χ1v) is 7.05. The summed E-state index contributed by atoms with van der Waals surface area (Å²) >= 11 is 5.95. The lowest BCUT2D eigenvalue weighted by atomic mass is 10.2. The summed E-state index contributed by atoms with van der Waals surface area (Å²) in [7, 11) is 0. The Balaban J connectivity index is 2.39. The lowest BCUT2D eigenvalue weighted by molar-refractivity contribution is 0.451. The maximum Gasteiger partial charge on any atom is 0.262 e. The molecule has 0 unspecified atom stereocenters. The molecule has 20 heavy (non-hydrogen) atoms. The van der Waals surface area contributed by atoms with Crippen LogP contribution in [0.5, 0.6) is 11.6 Å². The Hall–Kier alpha value is -1.81. The number of nitrogens with zero attached hydrogens (tertiary/aromatic N) is 3. The van der Waals surface area contributed by atoms with E-state index in [4.69, 9.17) is 16.3 Å². The standard InChI is InChI=1S/C15H18ClN3O/c1-4-19(5-2)12-10-14(16)17-18-15(12)20-13-9-7-6-8-11(13)3/h6-10H,4-5H2,1-3H3. The van der Waals surface area contributed by atoms with Crippen molar-refractivity contribution < 1.29 is 4.74 Å². The Morgan fingerprint density at radius 2 is 1.85 bits per heavy atom. The van der Waals surface area contributed by atoms with Gasteiger partial charge in [-0.2, -0.15) is 0 Å². The molecule has 1 heterocycles. The molecule has 0 bridgehead atoms. The number of rotatable bonds is 5. The van der Waals surface area contributed by atoms with Crippen LogP contribution in [0.2, 0.25) is 5.15 Å². The fourth-order valence-corrected chi connectivity index (χ4v) is 2.13. The van der Waals surface area contributed by atoms with E-state index >= 15 is 0 Å². The van der Waals surface area contributed by atoms with Gasteiger partial charge >= 0.3 is 0 Å². The molecule has 2 rings (SSSR count). The minimum Gasteiger partial charge on any atom is -0.436 e. The lowest BCUT2D eigenvalue weighted by Gasteiger charge is -2.22. The molecule has 0 aliphatic heterocycles. The number of benzene rings is 1. The zero-order chi connectivity index (χ0) is 14.5. The molecular weight excluding hydrogens is 274 g/mol. The summed E-state index contributed by atoms with van der Waals surface area (Å²) in [6.07, 6.45) is 0. The Kier molecular flexibility index (Phi) is 4.79. The van der Waals surface area contributed by atoms with Crippen LogP contribution in [-0.2, 0) is 0 Å². The highest BCUT2D eigenvalue weighted by Gasteiger charge is 2.14.